The van der Waals surface area contributed by atoms with Crippen LogP contribution in [-0.4, -0.2) is 44.6 Å². The molecule has 1 aromatic carbocycles. The lowest BCUT2D eigenvalue weighted by molar-refractivity contribution is 0.0602. The van der Waals surface area contributed by atoms with E-state index >= 15 is 0 Å². The van der Waals surface area contributed by atoms with Crippen molar-refractivity contribution in [2.75, 3.05) is 26.0 Å². The predicted octanol–water partition coefficient (Wildman–Crippen LogP) is 3.54. The number of esters is 1. The molecule has 0 radical (unpaired) electrons. The molecule has 0 saturated carbocycles. The van der Waals surface area contributed by atoms with Gasteiger partial charge in [0.1, 0.15) is 15.6 Å². The van der Waals surface area contributed by atoms with E-state index < -0.39 is 16.0 Å². The van der Waals surface area contributed by atoms with E-state index in [2.05, 4.69) is 4.74 Å². The van der Waals surface area contributed by atoms with Gasteiger partial charge >= 0.3 is 5.97 Å². The second-order valence-electron chi connectivity index (χ2n) is 5.68. The summed E-state index contributed by atoms with van der Waals surface area (Å²) in [6.07, 6.45) is 0.503. The smallest absolute Gasteiger partial charge is 0.349 e. The van der Waals surface area contributed by atoms with Crippen molar-refractivity contribution in [3.05, 3.63) is 52.0 Å². The monoisotopic (exact) mass is 415 g/mol. The minimum absolute atomic E-state index is 0.0244. The van der Waals surface area contributed by atoms with Crippen LogP contribution >= 0.6 is 23.1 Å². The normalized spacial score (nSPS) is 19.1. The fraction of sp³-hybridized carbons (Fsp3) is 0.353. The van der Waals surface area contributed by atoms with Gasteiger partial charge in [-0.2, -0.15) is 16.1 Å². The summed E-state index contributed by atoms with van der Waals surface area (Å²) in [5.74, 6) is -0.380. The molecule has 1 aliphatic heterocycles. The van der Waals surface area contributed by atoms with Crippen molar-refractivity contribution >= 4 is 39.1 Å². The number of methoxy groups -OCH3 is 1. The van der Waals surface area contributed by atoms with Crippen LogP contribution in [0.25, 0.3) is 0 Å². The molecule has 1 aromatic heterocycles. The maximum absolute atomic E-state index is 14.0. The average molecular weight is 416 g/mol. The molecule has 0 spiro atoms. The van der Waals surface area contributed by atoms with Crippen LogP contribution in [0.15, 0.2) is 40.6 Å². The highest BCUT2D eigenvalue weighted by atomic mass is 32.2. The topological polar surface area (TPSA) is 63.7 Å². The molecule has 0 N–H and O–H groups in total. The van der Waals surface area contributed by atoms with E-state index in [9.17, 15) is 17.6 Å². The number of thioether (sulfide) groups is 1. The first kappa shape index (κ1) is 19.3. The van der Waals surface area contributed by atoms with Gasteiger partial charge in [-0.15, -0.1) is 11.3 Å². The van der Waals surface area contributed by atoms with Crippen molar-refractivity contribution in [2.24, 2.45) is 0 Å². The number of thiophene rings is 1. The molecule has 1 aliphatic rings. The largest absolute Gasteiger partial charge is 0.465 e. The van der Waals surface area contributed by atoms with Gasteiger partial charge in [-0.05, 0) is 23.9 Å². The lowest BCUT2D eigenvalue weighted by Gasteiger charge is -2.20. The van der Waals surface area contributed by atoms with Crippen LogP contribution < -0.4 is 0 Å². The van der Waals surface area contributed by atoms with E-state index in [0.29, 0.717) is 24.3 Å². The van der Waals surface area contributed by atoms with E-state index in [1.807, 2.05) is 0 Å². The van der Waals surface area contributed by atoms with Crippen LogP contribution in [0.3, 0.4) is 0 Å². The molecule has 2 aromatic rings. The molecule has 2 heterocycles. The summed E-state index contributed by atoms with van der Waals surface area (Å²) < 4.78 is 46.1. The Morgan fingerprint density at radius 1 is 1.27 bits per heavy atom. The predicted molar refractivity (Wildman–Crippen MR) is 101 cm³/mol. The summed E-state index contributed by atoms with van der Waals surface area (Å²) in [4.78, 5) is 11.9. The molecular formula is C17H18FNO4S3. The third kappa shape index (κ3) is 3.80. The number of carbonyl (C=O) groups excluding carboxylic acids is 1. The van der Waals surface area contributed by atoms with Crippen LogP contribution in [0, 0.1) is 5.82 Å². The molecule has 1 unspecified atom stereocenters. The number of sulfonamides is 1. The Morgan fingerprint density at radius 3 is 2.77 bits per heavy atom. The van der Waals surface area contributed by atoms with E-state index in [-0.39, 0.29) is 27.4 Å². The number of nitrogens with zero attached hydrogens (tertiary/aromatic N) is 1. The molecule has 1 atom stereocenters. The molecule has 0 aliphatic carbocycles. The molecule has 3 rings (SSSR count). The van der Waals surface area contributed by atoms with Gasteiger partial charge in [-0.25, -0.2) is 17.6 Å². The fourth-order valence-electron chi connectivity index (χ4n) is 2.86. The van der Waals surface area contributed by atoms with Crippen LogP contribution in [0.1, 0.15) is 26.9 Å². The zero-order chi connectivity index (χ0) is 18.7. The van der Waals surface area contributed by atoms with E-state index in [4.69, 9.17) is 0 Å². The number of halogens is 1. The van der Waals surface area contributed by atoms with Gasteiger partial charge in [0.05, 0.1) is 7.11 Å². The number of benzene rings is 1. The Kier molecular flexibility index (Phi) is 6.01. The van der Waals surface area contributed by atoms with Gasteiger partial charge in [0.2, 0.25) is 10.0 Å². The van der Waals surface area contributed by atoms with Crippen LogP contribution in [0.2, 0.25) is 0 Å². The van der Waals surface area contributed by atoms with Crippen molar-refractivity contribution in [1.29, 1.82) is 0 Å². The highest BCUT2D eigenvalue weighted by Gasteiger charge is 2.33. The minimum Gasteiger partial charge on any atom is -0.465 e. The van der Waals surface area contributed by atoms with E-state index in [1.165, 1.54) is 23.5 Å². The Labute approximate surface area is 160 Å². The van der Waals surface area contributed by atoms with Gasteiger partial charge in [-0.1, -0.05) is 18.2 Å². The molecular weight excluding hydrogens is 397 g/mol. The van der Waals surface area contributed by atoms with Gasteiger partial charge in [0, 0.05) is 29.7 Å². The lowest BCUT2D eigenvalue weighted by atomic mass is 10.1. The number of ether oxygens (including phenoxy) is 1. The van der Waals surface area contributed by atoms with Crippen LogP contribution in [0.4, 0.5) is 4.39 Å². The first-order valence-electron chi connectivity index (χ1n) is 7.97. The Morgan fingerprint density at radius 2 is 2.04 bits per heavy atom. The average Bonchev–Trinajstić information content (AvgIpc) is 3.00. The zero-order valence-corrected chi connectivity index (χ0v) is 16.5. The van der Waals surface area contributed by atoms with Crippen LogP contribution in [-0.2, 0) is 14.8 Å². The van der Waals surface area contributed by atoms with Gasteiger partial charge < -0.3 is 4.74 Å². The quantitative estimate of drug-likeness (QED) is 0.715. The van der Waals surface area contributed by atoms with Crippen molar-refractivity contribution in [1.82, 2.24) is 4.31 Å². The maximum atomic E-state index is 14.0. The molecule has 0 amide bonds. The highest BCUT2D eigenvalue weighted by molar-refractivity contribution is 7.99. The Balaban J connectivity index is 1.82. The molecule has 1 saturated heterocycles. The number of hydrogen-bond donors (Lipinski definition) is 0. The molecule has 9 heteroatoms. The van der Waals surface area contributed by atoms with Crippen molar-refractivity contribution in [3.63, 3.8) is 0 Å². The summed E-state index contributed by atoms with van der Waals surface area (Å²) >= 11 is 2.59. The summed E-state index contributed by atoms with van der Waals surface area (Å²) in [5.41, 5.74) is 0.600. The minimum atomic E-state index is -3.81. The number of rotatable bonds is 4. The molecule has 1 fully saturated rings. The third-order valence-corrected chi connectivity index (χ3v) is 8.45. The molecule has 0 bridgehead atoms. The van der Waals surface area contributed by atoms with Crippen molar-refractivity contribution in [2.45, 2.75) is 16.6 Å². The molecule has 140 valence electrons. The highest BCUT2D eigenvalue weighted by Crippen LogP contribution is 2.37. The van der Waals surface area contributed by atoms with Gasteiger partial charge in [0.15, 0.2) is 0 Å². The summed E-state index contributed by atoms with van der Waals surface area (Å²) in [6.45, 7) is 0.583. The number of hydrogen-bond acceptors (Lipinski definition) is 6. The molecule has 26 heavy (non-hydrogen) atoms. The Hall–Kier alpha value is -1.42. The van der Waals surface area contributed by atoms with Crippen molar-refractivity contribution in [3.8, 4) is 0 Å². The van der Waals surface area contributed by atoms with E-state index in [0.717, 1.165) is 11.3 Å². The number of carbonyl (C=O) groups is 1. The lowest BCUT2D eigenvalue weighted by Crippen LogP contribution is -2.33. The van der Waals surface area contributed by atoms with Gasteiger partial charge in [0.25, 0.3) is 0 Å². The second-order valence-corrected chi connectivity index (χ2v) is 9.81. The second kappa shape index (κ2) is 8.08. The zero-order valence-electron chi connectivity index (χ0n) is 14.1. The van der Waals surface area contributed by atoms with E-state index in [1.54, 1.807) is 35.3 Å². The Bertz CT molecular complexity index is 897. The van der Waals surface area contributed by atoms with Gasteiger partial charge in [-0.3, -0.25) is 0 Å². The van der Waals surface area contributed by atoms with Crippen molar-refractivity contribution < 1.29 is 22.3 Å². The molecule has 5 nitrogen and oxygen atoms in total. The third-order valence-electron chi connectivity index (χ3n) is 4.17. The summed E-state index contributed by atoms with van der Waals surface area (Å²) in [5, 5.41) is 1.47. The van der Waals surface area contributed by atoms with Crippen LogP contribution in [0.5, 0.6) is 0 Å². The SMILES string of the molecule is COC(=O)c1sccc1S(=O)(=O)N1CCSC(c2ccccc2F)CC1. The maximum Gasteiger partial charge on any atom is 0.349 e. The first-order valence-corrected chi connectivity index (χ1v) is 11.3. The summed E-state index contributed by atoms with van der Waals surface area (Å²) in [6, 6.07) is 8.02. The first-order chi connectivity index (χ1) is 12.4. The standard InChI is InChI=1S/C17H18FNO4S3/c1-23-17(20)16-15(7-10-25-16)26(21,22)19-8-6-14(24-11-9-19)12-4-2-3-5-13(12)18/h2-5,7,10,14H,6,8-9,11H2,1H3. The summed E-state index contributed by atoms with van der Waals surface area (Å²) in [7, 11) is -2.59. The fourth-order valence-corrected chi connectivity index (χ4v) is 6.99.